The number of ether oxygens (including phenoxy) is 1. The zero-order valence-electron chi connectivity index (χ0n) is 11.9. The summed E-state index contributed by atoms with van der Waals surface area (Å²) in [7, 11) is 0. The van der Waals surface area contributed by atoms with Crippen LogP contribution in [-0.2, 0) is 0 Å². The van der Waals surface area contributed by atoms with Crippen LogP contribution in [0.2, 0.25) is 0 Å². The van der Waals surface area contributed by atoms with Crippen molar-refractivity contribution in [3.63, 3.8) is 0 Å². The second-order valence-corrected chi connectivity index (χ2v) is 4.32. The Bertz CT molecular complexity index is 655. The number of hydrogen-bond acceptors (Lipinski definition) is 6. The lowest BCUT2D eigenvalue weighted by molar-refractivity contribution is 0.0953. The van der Waals surface area contributed by atoms with Crippen molar-refractivity contribution in [2.24, 2.45) is 5.84 Å². The Morgan fingerprint density at radius 3 is 2.52 bits per heavy atom. The number of rotatable bonds is 4. The standard InChI is InChI=1S/C14H17N5O2/c1-3-21-10-6-4-9(5-7-10)12-11(13(20)19-16)8(2)17-14(15)18-12/h4-7H,3,16H2,1-2H3,(H,19,20)(H2,15,17,18). The number of carbonyl (C=O) groups is 1. The highest BCUT2D eigenvalue weighted by Crippen LogP contribution is 2.26. The van der Waals surface area contributed by atoms with Gasteiger partial charge < -0.3 is 10.5 Å². The molecule has 1 aromatic heterocycles. The van der Waals surface area contributed by atoms with Crippen LogP contribution in [0.1, 0.15) is 23.0 Å². The van der Waals surface area contributed by atoms with E-state index in [1.165, 1.54) is 0 Å². The summed E-state index contributed by atoms with van der Waals surface area (Å²) in [5.74, 6) is 5.60. The fourth-order valence-electron chi connectivity index (χ4n) is 2.02. The maximum atomic E-state index is 11.9. The van der Waals surface area contributed by atoms with Gasteiger partial charge in [0.1, 0.15) is 5.75 Å². The van der Waals surface area contributed by atoms with Crippen LogP contribution in [0, 0.1) is 6.92 Å². The van der Waals surface area contributed by atoms with Gasteiger partial charge >= 0.3 is 0 Å². The number of anilines is 1. The number of amides is 1. The summed E-state index contributed by atoms with van der Waals surface area (Å²) in [4.78, 5) is 20.1. The largest absolute Gasteiger partial charge is 0.494 e. The van der Waals surface area contributed by atoms with Crippen LogP contribution in [-0.4, -0.2) is 22.5 Å². The molecule has 21 heavy (non-hydrogen) atoms. The number of carbonyl (C=O) groups excluding carboxylic acids is 1. The van der Waals surface area contributed by atoms with E-state index in [9.17, 15) is 4.79 Å². The molecule has 0 radical (unpaired) electrons. The van der Waals surface area contributed by atoms with Gasteiger partial charge in [-0.05, 0) is 38.1 Å². The van der Waals surface area contributed by atoms with Gasteiger partial charge in [0.15, 0.2) is 0 Å². The lowest BCUT2D eigenvalue weighted by Gasteiger charge is -2.11. The van der Waals surface area contributed by atoms with E-state index in [-0.39, 0.29) is 5.95 Å². The van der Waals surface area contributed by atoms with Crippen molar-refractivity contribution in [3.05, 3.63) is 35.5 Å². The van der Waals surface area contributed by atoms with Crippen LogP contribution in [0.5, 0.6) is 5.75 Å². The first kappa shape index (κ1) is 14.7. The van der Waals surface area contributed by atoms with Gasteiger partial charge in [-0.1, -0.05) is 0 Å². The summed E-state index contributed by atoms with van der Waals surface area (Å²) in [6, 6.07) is 7.21. The lowest BCUT2D eigenvalue weighted by atomic mass is 10.0. The van der Waals surface area contributed by atoms with Crippen LogP contribution in [0.25, 0.3) is 11.3 Å². The summed E-state index contributed by atoms with van der Waals surface area (Å²) in [6.07, 6.45) is 0. The zero-order chi connectivity index (χ0) is 15.4. The Labute approximate surface area is 122 Å². The Hall–Kier alpha value is -2.67. The minimum absolute atomic E-state index is 0.102. The monoisotopic (exact) mass is 287 g/mol. The minimum atomic E-state index is -0.462. The normalized spacial score (nSPS) is 10.2. The van der Waals surface area contributed by atoms with E-state index in [4.69, 9.17) is 16.3 Å². The van der Waals surface area contributed by atoms with E-state index >= 15 is 0 Å². The molecule has 0 bridgehead atoms. The molecule has 1 amide bonds. The average Bonchev–Trinajstić information content (AvgIpc) is 2.47. The summed E-state index contributed by atoms with van der Waals surface area (Å²) in [5, 5.41) is 0. The molecule has 7 heteroatoms. The molecular formula is C14H17N5O2. The third-order valence-electron chi connectivity index (χ3n) is 2.90. The summed E-state index contributed by atoms with van der Waals surface area (Å²) in [5.41, 5.74) is 9.71. The molecule has 0 saturated heterocycles. The third kappa shape index (κ3) is 3.09. The Morgan fingerprint density at radius 2 is 1.95 bits per heavy atom. The summed E-state index contributed by atoms with van der Waals surface area (Å²) < 4.78 is 5.39. The lowest BCUT2D eigenvalue weighted by Crippen LogP contribution is -2.31. The first-order valence-electron chi connectivity index (χ1n) is 6.45. The quantitative estimate of drug-likeness (QED) is 0.439. The number of nitrogen functional groups attached to an aromatic ring is 2. The topological polar surface area (TPSA) is 116 Å². The predicted molar refractivity (Wildman–Crippen MR) is 79.4 cm³/mol. The molecule has 7 nitrogen and oxygen atoms in total. The first-order valence-corrected chi connectivity index (χ1v) is 6.45. The highest BCUT2D eigenvalue weighted by molar-refractivity contribution is 6.00. The number of aromatic nitrogens is 2. The van der Waals surface area contributed by atoms with Gasteiger partial charge in [-0.15, -0.1) is 0 Å². The van der Waals surface area contributed by atoms with Gasteiger partial charge in [-0.2, -0.15) is 0 Å². The number of benzene rings is 1. The van der Waals surface area contributed by atoms with Gasteiger partial charge in [0.25, 0.3) is 5.91 Å². The minimum Gasteiger partial charge on any atom is -0.494 e. The van der Waals surface area contributed by atoms with E-state index in [0.29, 0.717) is 23.6 Å². The molecule has 2 rings (SSSR count). The smallest absolute Gasteiger partial charge is 0.269 e. The molecule has 1 heterocycles. The van der Waals surface area contributed by atoms with Gasteiger partial charge in [0.05, 0.1) is 23.6 Å². The highest BCUT2D eigenvalue weighted by Gasteiger charge is 2.18. The molecule has 0 spiro atoms. The molecule has 0 fully saturated rings. The maximum absolute atomic E-state index is 11.9. The molecular weight excluding hydrogens is 270 g/mol. The Kier molecular flexibility index (Phi) is 4.34. The molecule has 0 aliphatic heterocycles. The van der Waals surface area contributed by atoms with Gasteiger partial charge in [0.2, 0.25) is 5.95 Å². The summed E-state index contributed by atoms with van der Waals surface area (Å²) >= 11 is 0. The molecule has 0 atom stereocenters. The number of nitrogens with zero attached hydrogens (tertiary/aromatic N) is 2. The number of nitrogens with one attached hydrogen (secondary N) is 1. The average molecular weight is 287 g/mol. The number of hydrogen-bond donors (Lipinski definition) is 3. The molecule has 0 saturated carbocycles. The van der Waals surface area contributed by atoms with E-state index in [1.54, 1.807) is 31.2 Å². The van der Waals surface area contributed by atoms with Crippen LogP contribution in [0.4, 0.5) is 5.95 Å². The zero-order valence-corrected chi connectivity index (χ0v) is 11.9. The second kappa shape index (κ2) is 6.19. The van der Waals surface area contributed by atoms with Crippen molar-refractivity contribution in [2.75, 3.05) is 12.3 Å². The molecule has 2 aromatic rings. The number of hydrazine groups is 1. The molecule has 1 aromatic carbocycles. The van der Waals surface area contributed by atoms with Gasteiger partial charge in [-0.25, -0.2) is 15.8 Å². The molecule has 0 aliphatic carbocycles. The van der Waals surface area contributed by atoms with E-state index in [0.717, 1.165) is 11.3 Å². The van der Waals surface area contributed by atoms with E-state index in [1.807, 2.05) is 6.92 Å². The van der Waals surface area contributed by atoms with E-state index < -0.39 is 5.91 Å². The molecule has 0 unspecified atom stereocenters. The van der Waals surface area contributed by atoms with Crippen LogP contribution < -0.4 is 21.7 Å². The van der Waals surface area contributed by atoms with Crippen LogP contribution in [0.3, 0.4) is 0 Å². The Balaban J connectivity index is 2.53. The van der Waals surface area contributed by atoms with Crippen molar-refractivity contribution in [2.45, 2.75) is 13.8 Å². The highest BCUT2D eigenvalue weighted by atomic mass is 16.5. The SMILES string of the molecule is CCOc1ccc(-c2nc(N)nc(C)c2C(=O)NN)cc1. The number of aryl methyl sites for hydroxylation is 1. The molecule has 0 aliphatic rings. The van der Waals surface area contributed by atoms with Crippen molar-refractivity contribution in [3.8, 4) is 17.0 Å². The van der Waals surface area contributed by atoms with Gasteiger partial charge in [-0.3, -0.25) is 10.2 Å². The van der Waals surface area contributed by atoms with Gasteiger partial charge in [0, 0.05) is 5.56 Å². The fourth-order valence-corrected chi connectivity index (χ4v) is 2.02. The van der Waals surface area contributed by atoms with Crippen LogP contribution in [0.15, 0.2) is 24.3 Å². The van der Waals surface area contributed by atoms with Crippen molar-refractivity contribution < 1.29 is 9.53 Å². The molecule has 5 N–H and O–H groups in total. The van der Waals surface area contributed by atoms with Crippen LogP contribution >= 0.6 is 0 Å². The van der Waals surface area contributed by atoms with Crippen molar-refractivity contribution in [1.29, 1.82) is 0 Å². The number of nitrogens with two attached hydrogens (primary N) is 2. The second-order valence-electron chi connectivity index (χ2n) is 4.32. The fraction of sp³-hybridized carbons (Fsp3) is 0.214. The van der Waals surface area contributed by atoms with E-state index in [2.05, 4.69) is 15.4 Å². The molecule has 110 valence electrons. The van der Waals surface area contributed by atoms with Crippen molar-refractivity contribution >= 4 is 11.9 Å². The maximum Gasteiger partial charge on any atom is 0.269 e. The summed E-state index contributed by atoms with van der Waals surface area (Å²) in [6.45, 7) is 4.17. The first-order chi connectivity index (χ1) is 10.1. The Morgan fingerprint density at radius 1 is 1.29 bits per heavy atom. The predicted octanol–water partition coefficient (Wildman–Crippen LogP) is 1.04. The van der Waals surface area contributed by atoms with Crippen molar-refractivity contribution in [1.82, 2.24) is 15.4 Å². The third-order valence-corrected chi connectivity index (χ3v) is 2.90.